The maximum absolute atomic E-state index is 12.9. The molecule has 0 saturated carbocycles. The van der Waals surface area contributed by atoms with Gasteiger partial charge in [-0.25, -0.2) is 9.59 Å². The van der Waals surface area contributed by atoms with Crippen LogP contribution >= 0.6 is 0 Å². The molecular weight excluding hydrogens is 472 g/mol. The highest BCUT2D eigenvalue weighted by molar-refractivity contribution is 5.71. The standard InChI is InChI=1S/C29H30N2O6/c1-20(32)36-26(27-25(31-29(34)37-27)18-22-13-7-3-8-14-22)24(17-21-11-5-2-6-12-21)30-28(33)35-19-23-15-9-4-10-16-23/h2-16,24-27H,17-19H2,1H3,(H,30,33)(H,31,34)/t24?,25-,26?,27-/m0/s1. The summed E-state index contributed by atoms with van der Waals surface area (Å²) in [4.78, 5) is 37.4. The van der Waals surface area contributed by atoms with Gasteiger partial charge < -0.3 is 24.8 Å². The van der Waals surface area contributed by atoms with Gasteiger partial charge in [0.1, 0.15) is 6.61 Å². The number of carbonyl (C=O) groups excluding carboxylic acids is 3. The number of carbonyl (C=O) groups is 3. The summed E-state index contributed by atoms with van der Waals surface area (Å²) in [6, 6.07) is 27.2. The molecule has 37 heavy (non-hydrogen) atoms. The second-order valence-electron chi connectivity index (χ2n) is 8.89. The zero-order valence-electron chi connectivity index (χ0n) is 20.5. The molecule has 1 fully saturated rings. The third-order valence-corrected chi connectivity index (χ3v) is 6.08. The van der Waals surface area contributed by atoms with Crippen molar-refractivity contribution in [2.75, 3.05) is 0 Å². The molecule has 1 saturated heterocycles. The third kappa shape index (κ3) is 7.57. The first kappa shape index (κ1) is 25.8. The molecule has 192 valence electrons. The summed E-state index contributed by atoms with van der Waals surface area (Å²) < 4.78 is 16.8. The quantitative estimate of drug-likeness (QED) is 0.319. The first-order chi connectivity index (χ1) is 18.0. The van der Waals surface area contributed by atoms with E-state index >= 15 is 0 Å². The lowest BCUT2D eigenvalue weighted by molar-refractivity contribution is -0.154. The Morgan fingerprint density at radius 3 is 2.05 bits per heavy atom. The fraction of sp³-hybridized carbons (Fsp3) is 0.276. The van der Waals surface area contributed by atoms with Gasteiger partial charge in [0, 0.05) is 6.92 Å². The zero-order valence-corrected chi connectivity index (χ0v) is 20.5. The molecule has 3 aromatic carbocycles. The molecular formula is C29H30N2O6. The number of amides is 2. The first-order valence-corrected chi connectivity index (χ1v) is 12.2. The monoisotopic (exact) mass is 502 g/mol. The van der Waals surface area contributed by atoms with Gasteiger partial charge >= 0.3 is 18.2 Å². The Balaban J connectivity index is 1.57. The van der Waals surface area contributed by atoms with E-state index in [9.17, 15) is 14.4 Å². The van der Waals surface area contributed by atoms with Gasteiger partial charge in [0.05, 0.1) is 12.1 Å². The van der Waals surface area contributed by atoms with E-state index in [1.54, 1.807) is 0 Å². The van der Waals surface area contributed by atoms with E-state index in [-0.39, 0.29) is 6.61 Å². The van der Waals surface area contributed by atoms with Crippen molar-refractivity contribution in [2.24, 2.45) is 0 Å². The van der Waals surface area contributed by atoms with Gasteiger partial charge in [-0.1, -0.05) is 91.0 Å². The maximum Gasteiger partial charge on any atom is 0.407 e. The van der Waals surface area contributed by atoms with Crippen molar-refractivity contribution >= 4 is 18.2 Å². The van der Waals surface area contributed by atoms with Crippen LogP contribution in [0.25, 0.3) is 0 Å². The van der Waals surface area contributed by atoms with Gasteiger partial charge in [0.15, 0.2) is 12.2 Å². The molecule has 0 aliphatic carbocycles. The number of nitrogens with one attached hydrogen (secondary N) is 2. The van der Waals surface area contributed by atoms with Crippen molar-refractivity contribution in [1.82, 2.24) is 10.6 Å². The topological polar surface area (TPSA) is 103 Å². The molecule has 1 aliphatic heterocycles. The van der Waals surface area contributed by atoms with Crippen LogP contribution in [0.4, 0.5) is 9.59 Å². The molecule has 3 aromatic rings. The summed E-state index contributed by atoms with van der Waals surface area (Å²) in [5, 5.41) is 5.69. The summed E-state index contributed by atoms with van der Waals surface area (Å²) in [6.45, 7) is 1.37. The molecule has 0 radical (unpaired) electrons. The molecule has 4 rings (SSSR count). The van der Waals surface area contributed by atoms with Gasteiger partial charge in [-0.15, -0.1) is 0 Å². The SMILES string of the molecule is CC(=O)OC(C(Cc1ccccc1)NC(=O)OCc1ccccc1)[C@H]1OC(=O)N[C@H]1Cc1ccccc1. The second-order valence-corrected chi connectivity index (χ2v) is 8.89. The lowest BCUT2D eigenvalue weighted by Crippen LogP contribution is -2.55. The molecule has 2 amide bonds. The van der Waals surface area contributed by atoms with Gasteiger partial charge in [-0.05, 0) is 29.5 Å². The Labute approximate surface area is 215 Å². The van der Waals surface area contributed by atoms with Crippen molar-refractivity contribution in [3.05, 3.63) is 108 Å². The van der Waals surface area contributed by atoms with Crippen LogP contribution in [0, 0.1) is 0 Å². The molecule has 2 unspecified atom stereocenters. The first-order valence-electron chi connectivity index (χ1n) is 12.2. The highest BCUT2D eigenvalue weighted by Crippen LogP contribution is 2.24. The van der Waals surface area contributed by atoms with Crippen molar-refractivity contribution in [3.63, 3.8) is 0 Å². The van der Waals surface area contributed by atoms with Crippen LogP contribution in [0.3, 0.4) is 0 Å². The number of alkyl carbamates (subject to hydrolysis) is 2. The fourth-order valence-corrected chi connectivity index (χ4v) is 4.41. The van der Waals surface area contributed by atoms with E-state index in [0.29, 0.717) is 12.8 Å². The minimum atomic E-state index is -0.963. The molecule has 4 atom stereocenters. The van der Waals surface area contributed by atoms with Crippen LogP contribution < -0.4 is 10.6 Å². The highest BCUT2D eigenvalue weighted by Gasteiger charge is 2.45. The van der Waals surface area contributed by atoms with E-state index in [1.807, 2.05) is 91.0 Å². The minimum absolute atomic E-state index is 0.0829. The van der Waals surface area contributed by atoms with Crippen LogP contribution in [0.1, 0.15) is 23.6 Å². The molecule has 8 nitrogen and oxygen atoms in total. The largest absolute Gasteiger partial charge is 0.456 e. The number of hydrogen-bond acceptors (Lipinski definition) is 6. The number of cyclic esters (lactones) is 1. The van der Waals surface area contributed by atoms with Crippen LogP contribution in [-0.2, 0) is 38.5 Å². The van der Waals surface area contributed by atoms with Gasteiger partial charge in [-0.2, -0.15) is 0 Å². The molecule has 1 heterocycles. The van der Waals surface area contributed by atoms with Gasteiger partial charge in [0.25, 0.3) is 0 Å². The van der Waals surface area contributed by atoms with Crippen molar-refractivity contribution in [3.8, 4) is 0 Å². The van der Waals surface area contributed by atoms with E-state index in [1.165, 1.54) is 6.92 Å². The van der Waals surface area contributed by atoms with Crippen molar-refractivity contribution < 1.29 is 28.6 Å². The lowest BCUT2D eigenvalue weighted by atomic mass is 9.91. The summed E-state index contributed by atoms with van der Waals surface area (Å²) in [6.07, 6.45) is -2.28. The molecule has 1 aliphatic rings. The zero-order chi connectivity index (χ0) is 26.0. The molecule has 0 bridgehead atoms. The predicted octanol–water partition coefficient (Wildman–Crippen LogP) is 4.18. The molecule has 0 spiro atoms. The summed E-state index contributed by atoms with van der Waals surface area (Å²) >= 11 is 0. The average Bonchev–Trinajstić information content (AvgIpc) is 3.26. The van der Waals surface area contributed by atoms with Crippen LogP contribution in [0.15, 0.2) is 91.0 Å². The van der Waals surface area contributed by atoms with Crippen LogP contribution in [0.2, 0.25) is 0 Å². The Hall–Kier alpha value is -4.33. The van der Waals surface area contributed by atoms with Crippen molar-refractivity contribution in [2.45, 2.75) is 50.7 Å². The number of benzene rings is 3. The van der Waals surface area contributed by atoms with Gasteiger partial charge in [0.2, 0.25) is 0 Å². The highest BCUT2D eigenvalue weighted by atomic mass is 16.6. The molecule has 2 N–H and O–H groups in total. The van der Waals surface area contributed by atoms with Gasteiger partial charge in [-0.3, -0.25) is 4.79 Å². The normalized spacial score (nSPS) is 18.1. The van der Waals surface area contributed by atoms with E-state index in [2.05, 4.69) is 10.6 Å². The third-order valence-electron chi connectivity index (χ3n) is 6.08. The second kappa shape index (κ2) is 12.6. The molecule has 8 heteroatoms. The van der Waals surface area contributed by atoms with E-state index in [4.69, 9.17) is 14.2 Å². The van der Waals surface area contributed by atoms with E-state index in [0.717, 1.165) is 16.7 Å². The van der Waals surface area contributed by atoms with Crippen LogP contribution in [0.5, 0.6) is 0 Å². The Morgan fingerprint density at radius 2 is 1.46 bits per heavy atom. The average molecular weight is 503 g/mol. The summed E-state index contributed by atoms with van der Waals surface area (Å²) in [7, 11) is 0. The van der Waals surface area contributed by atoms with E-state index < -0.39 is 42.4 Å². The Bertz CT molecular complexity index is 1170. The molecule has 0 aromatic heterocycles. The maximum atomic E-state index is 12.9. The Morgan fingerprint density at radius 1 is 0.892 bits per heavy atom. The fourth-order valence-electron chi connectivity index (χ4n) is 4.41. The summed E-state index contributed by atoms with van der Waals surface area (Å²) in [5.74, 6) is -0.552. The number of hydrogen-bond donors (Lipinski definition) is 2. The van der Waals surface area contributed by atoms with Crippen molar-refractivity contribution in [1.29, 1.82) is 0 Å². The summed E-state index contributed by atoms with van der Waals surface area (Å²) in [5.41, 5.74) is 2.73. The Kier molecular flexibility index (Phi) is 8.75. The smallest absolute Gasteiger partial charge is 0.407 e. The lowest BCUT2D eigenvalue weighted by Gasteiger charge is -2.32. The van der Waals surface area contributed by atoms with Crippen LogP contribution in [-0.4, -0.2) is 42.4 Å². The number of ether oxygens (including phenoxy) is 3. The number of rotatable bonds is 10. The predicted molar refractivity (Wildman–Crippen MR) is 137 cm³/mol. The number of esters is 1. The minimum Gasteiger partial charge on any atom is -0.456 e.